The molecule has 1 aromatic rings. The van der Waals surface area contributed by atoms with E-state index in [-0.39, 0.29) is 35.5 Å². The Morgan fingerprint density at radius 1 is 1.43 bits per heavy atom. The Hall–Kier alpha value is -2.19. The topological polar surface area (TPSA) is 120 Å². The molecule has 21 heavy (non-hydrogen) atoms. The van der Waals surface area contributed by atoms with Gasteiger partial charge in [0.1, 0.15) is 5.69 Å². The molecule has 0 saturated carbocycles. The number of nitrogen functional groups attached to an aromatic ring is 1. The zero-order chi connectivity index (χ0) is 15.0. The third-order valence-electron chi connectivity index (χ3n) is 4.03. The summed E-state index contributed by atoms with van der Waals surface area (Å²) < 4.78 is 5.68. The summed E-state index contributed by atoms with van der Waals surface area (Å²) in [6, 6.07) is 4.08. The molecule has 8 heteroatoms. The van der Waals surface area contributed by atoms with E-state index in [4.69, 9.17) is 10.6 Å². The summed E-state index contributed by atoms with van der Waals surface area (Å²) in [7, 11) is 0. The molecule has 3 rings (SSSR count). The number of nitrogens with zero attached hydrogens (tertiary/aromatic N) is 1. The monoisotopic (exact) mass is 292 g/mol. The summed E-state index contributed by atoms with van der Waals surface area (Å²) in [5.74, 6) is 4.99. The Morgan fingerprint density at radius 2 is 2.24 bits per heavy atom. The lowest BCUT2D eigenvalue weighted by atomic mass is 9.95. The average molecular weight is 292 g/mol. The highest BCUT2D eigenvalue weighted by Crippen LogP contribution is 2.34. The van der Waals surface area contributed by atoms with Crippen molar-refractivity contribution >= 4 is 17.3 Å². The van der Waals surface area contributed by atoms with Crippen molar-refractivity contribution in [2.45, 2.75) is 37.5 Å². The largest absolute Gasteiger partial charge is 0.373 e. The normalized spacial score (nSPS) is 26.6. The zero-order valence-electron chi connectivity index (χ0n) is 11.2. The molecule has 4 N–H and O–H groups in total. The van der Waals surface area contributed by atoms with E-state index in [9.17, 15) is 14.9 Å². The van der Waals surface area contributed by atoms with Crippen LogP contribution in [0.25, 0.3) is 0 Å². The first-order valence-corrected chi connectivity index (χ1v) is 6.80. The molecule has 8 nitrogen and oxygen atoms in total. The van der Waals surface area contributed by atoms with Gasteiger partial charge in [-0.1, -0.05) is 0 Å². The van der Waals surface area contributed by atoms with Crippen molar-refractivity contribution in [1.82, 2.24) is 5.32 Å². The first-order valence-electron chi connectivity index (χ1n) is 6.80. The van der Waals surface area contributed by atoms with Crippen LogP contribution in [0.1, 0.15) is 29.6 Å². The summed E-state index contributed by atoms with van der Waals surface area (Å²) in [6.07, 6.45) is 3.18. The second kappa shape index (κ2) is 5.30. The number of carbonyl (C=O) groups is 1. The lowest BCUT2D eigenvalue weighted by Gasteiger charge is -2.20. The van der Waals surface area contributed by atoms with Gasteiger partial charge in [-0.3, -0.25) is 20.8 Å². The first kappa shape index (κ1) is 13.8. The summed E-state index contributed by atoms with van der Waals surface area (Å²) >= 11 is 0. The molecule has 0 aromatic heterocycles. The second-order valence-corrected chi connectivity index (χ2v) is 5.32. The van der Waals surface area contributed by atoms with Crippen LogP contribution in [-0.4, -0.2) is 29.1 Å². The van der Waals surface area contributed by atoms with Crippen LogP contribution < -0.4 is 16.6 Å². The highest BCUT2D eigenvalue weighted by Gasteiger charge is 2.41. The summed E-state index contributed by atoms with van der Waals surface area (Å²) in [5.41, 5.74) is 2.52. The van der Waals surface area contributed by atoms with Crippen LogP contribution in [-0.2, 0) is 4.74 Å². The van der Waals surface area contributed by atoms with E-state index in [1.54, 1.807) is 0 Å². The summed E-state index contributed by atoms with van der Waals surface area (Å²) in [4.78, 5) is 22.5. The first-order chi connectivity index (χ1) is 10.1. The van der Waals surface area contributed by atoms with Gasteiger partial charge in [-0.15, -0.1) is 0 Å². The number of rotatable bonds is 4. The third kappa shape index (κ3) is 2.55. The van der Waals surface area contributed by atoms with Gasteiger partial charge in [0.25, 0.3) is 11.6 Å². The molecule has 2 bridgehead atoms. The fourth-order valence-electron chi connectivity index (χ4n) is 2.99. The number of nitrogens with one attached hydrogen (secondary N) is 2. The van der Waals surface area contributed by atoms with Gasteiger partial charge in [0, 0.05) is 11.6 Å². The number of anilines is 1. The number of ether oxygens (including phenoxy) is 1. The van der Waals surface area contributed by atoms with Crippen LogP contribution in [0, 0.1) is 10.1 Å². The van der Waals surface area contributed by atoms with Crippen molar-refractivity contribution in [3.05, 3.63) is 33.9 Å². The molecular weight excluding hydrogens is 276 g/mol. The van der Waals surface area contributed by atoms with Crippen LogP contribution in [0.15, 0.2) is 18.2 Å². The minimum atomic E-state index is -0.555. The van der Waals surface area contributed by atoms with Gasteiger partial charge in [0.15, 0.2) is 0 Å². The molecule has 3 unspecified atom stereocenters. The van der Waals surface area contributed by atoms with Crippen molar-refractivity contribution in [2.75, 3.05) is 5.43 Å². The Morgan fingerprint density at radius 3 is 2.81 bits per heavy atom. The van der Waals surface area contributed by atoms with Gasteiger partial charge in [0.2, 0.25) is 0 Å². The smallest absolute Gasteiger partial charge is 0.293 e. The van der Waals surface area contributed by atoms with E-state index >= 15 is 0 Å². The van der Waals surface area contributed by atoms with Crippen molar-refractivity contribution in [2.24, 2.45) is 5.84 Å². The second-order valence-electron chi connectivity index (χ2n) is 5.32. The fraction of sp³-hybridized carbons (Fsp3) is 0.462. The van der Waals surface area contributed by atoms with E-state index < -0.39 is 4.92 Å². The van der Waals surface area contributed by atoms with Gasteiger partial charge >= 0.3 is 0 Å². The minimum absolute atomic E-state index is 0.0146. The van der Waals surface area contributed by atoms with Crippen LogP contribution >= 0.6 is 0 Å². The maximum Gasteiger partial charge on any atom is 0.293 e. The predicted octanol–water partition coefficient (Wildman–Crippen LogP) is 0.930. The molecule has 0 aliphatic carbocycles. The molecule has 0 radical (unpaired) electrons. The Bertz CT molecular complexity index is 592. The number of nitro benzene ring substituents is 1. The number of carbonyl (C=O) groups excluding carboxylic acids is 1. The van der Waals surface area contributed by atoms with Crippen LogP contribution in [0.4, 0.5) is 11.4 Å². The summed E-state index contributed by atoms with van der Waals surface area (Å²) in [6.45, 7) is 0. The van der Waals surface area contributed by atoms with E-state index in [1.165, 1.54) is 18.2 Å². The minimum Gasteiger partial charge on any atom is -0.373 e. The van der Waals surface area contributed by atoms with Crippen LogP contribution in [0.3, 0.4) is 0 Å². The standard InChI is InChI=1S/C13H16N4O4/c14-16-9-5-7(1-3-11(9)17(19)20)13(18)15-10-6-8-2-4-12(10)21-8/h1,3,5,8,10,12,16H,2,4,6,14H2,(H,15,18). The molecule has 2 aliphatic rings. The Labute approximate surface area is 120 Å². The molecule has 0 spiro atoms. The quantitative estimate of drug-likeness (QED) is 0.431. The van der Waals surface area contributed by atoms with Crippen molar-refractivity contribution in [3.8, 4) is 0 Å². The molecular formula is C13H16N4O4. The van der Waals surface area contributed by atoms with Crippen LogP contribution in [0.2, 0.25) is 0 Å². The number of nitrogens with two attached hydrogens (primary N) is 1. The lowest BCUT2D eigenvalue weighted by molar-refractivity contribution is -0.384. The molecule has 1 aromatic carbocycles. The molecule has 1 amide bonds. The Kier molecular flexibility index (Phi) is 3.48. The number of hydrogen-bond acceptors (Lipinski definition) is 6. The van der Waals surface area contributed by atoms with Crippen molar-refractivity contribution in [1.29, 1.82) is 0 Å². The molecule has 112 valence electrons. The molecule has 2 aliphatic heterocycles. The Balaban J connectivity index is 1.74. The number of benzene rings is 1. The van der Waals surface area contributed by atoms with Gasteiger partial charge in [-0.25, -0.2) is 0 Å². The summed E-state index contributed by atoms with van der Waals surface area (Å²) in [5, 5.41) is 13.7. The maximum atomic E-state index is 12.2. The molecule has 2 heterocycles. The van der Waals surface area contributed by atoms with Gasteiger partial charge in [-0.05, 0) is 31.4 Å². The van der Waals surface area contributed by atoms with E-state index in [2.05, 4.69) is 10.7 Å². The van der Waals surface area contributed by atoms with Crippen molar-refractivity contribution in [3.63, 3.8) is 0 Å². The SMILES string of the molecule is NNc1cc(C(=O)NC2CC3CCC2O3)ccc1[N+](=O)[O-]. The molecule has 2 saturated heterocycles. The molecule has 2 fully saturated rings. The highest BCUT2D eigenvalue weighted by molar-refractivity contribution is 5.96. The van der Waals surface area contributed by atoms with Gasteiger partial charge in [0.05, 0.1) is 23.2 Å². The number of nitro groups is 1. The number of hydrazine groups is 1. The maximum absolute atomic E-state index is 12.2. The van der Waals surface area contributed by atoms with E-state index in [0.29, 0.717) is 5.56 Å². The zero-order valence-corrected chi connectivity index (χ0v) is 11.2. The average Bonchev–Trinajstić information content (AvgIpc) is 3.08. The van der Waals surface area contributed by atoms with E-state index in [0.717, 1.165) is 19.3 Å². The fourth-order valence-corrected chi connectivity index (χ4v) is 2.99. The van der Waals surface area contributed by atoms with Gasteiger partial charge in [-0.2, -0.15) is 0 Å². The third-order valence-corrected chi connectivity index (χ3v) is 4.03. The number of hydrogen-bond donors (Lipinski definition) is 3. The molecule has 3 atom stereocenters. The number of fused-ring (bicyclic) bond motifs is 2. The van der Waals surface area contributed by atoms with Gasteiger partial charge < -0.3 is 15.5 Å². The lowest BCUT2D eigenvalue weighted by Crippen LogP contribution is -2.41. The number of amides is 1. The predicted molar refractivity (Wildman–Crippen MR) is 74.7 cm³/mol. The highest BCUT2D eigenvalue weighted by atomic mass is 16.6. The van der Waals surface area contributed by atoms with E-state index in [1.807, 2.05) is 0 Å². The van der Waals surface area contributed by atoms with Crippen LogP contribution in [0.5, 0.6) is 0 Å². The van der Waals surface area contributed by atoms with Crippen molar-refractivity contribution < 1.29 is 14.5 Å².